The zero-order chi connectivity index (χ0) is 16.9. The lowest BCUT2D eigenvalue weighted by atomic mass is 10.1. The molecule has 0 aliphatic heterocycles. The minimum atomic E-state index is -0.377. The van der Waals surface area contributed by atoms with Crippen molar-refractivity contribution in [2.45, 2.75) is 11.0 Å². The van der Waals surface area contributed by atoms with E-state index in [0.29, 0.717) is 28.0 Å². The Morgan fingerprint density at radius 2 is 2.00 bits per heavy atom. The van der Waals surface area contributed by atoms with Crippen molar-refractivity contribution in [1.29, 1.82) is 0 Å². The highest BCUT2D eigenvalue weighted by Gasteiger charge is 2.10. The number of nitrogens with zero attached hydrogens (tertiary/aromatic N) is 2. The van der Waals surface area contributed by atoms with E-state index in [9.17, 15) is 9.18 Å². The molecule has 0 N–H and O–H groups in total. The fourth-order valence-electron chi connectivity index (χ4n) is 2.03. The Labute approximate surface area is 141 Å². The largest absolute Gasteiger partial charge is 0.465 e. The number of carbonyl (C=O) groups excluding carboxylic acids is 1. The Kier molecular flexibility index (Phi) is 4.90. The number of esters is 1. The van der Waals surface area contributed by atoms with Crippen LogP contribution in [0.1, 0.15) is 15.9 Å². The first-order chi connectivity index (χ1) is 11.7. The SMILES string of the molecule is COC(=O)c1cccc(CSc2nnc(-c3ccc(F)cc3)o2)c1. The minimum Gasteiger partial charge on any atom is -0.465 e. The fourth-order valence-corrected chi connectivity index (χ4v) is 2.73. The Morgan fingerprint density at radius 3 is 2.75 bits per heavy atom. The lowest BCUT2D eigenvalue weighted by molar-refractivity contribution is 0.0600. The second-order valence-corrected chi connectivity index (χ2v) is 5.79. The van der Waals surface area contributed by atoms with Gasteiger partial charge >= 0.3 is 5.97 Å². The number of ether oxygens (including phenoxy) is 1. The van der Waals surface area contributed by atoms with E-state index < -0.39 is 0 Å². The van der Waals surface area contributed by atoms with Crippen molar-refractivity contribution in [2.24, 2.45) is 0 Å². The summed E-state index contributed by atoms with van der Waals surface area (Å²) in [7, 11) is 1.35. The van der Waals surface area contributed by atoms with Gasteiger partial charge in [0.2, 0.25) is 5.89 Å². The quantitative estimate of drug-likeness (QED) is 0.516. The van der Waals surface area contributed by atoms with Gasteiger partial charge in [-0.3, -0.25) is 0 Å². The molecule has 3 aromatic rings. The molecule has 2 aromatic carbocycles. The van der Waals surface area contributed by atoms with Crippen LogP contribution in [0, 0.1) is 5.82 Å². The highest BCUT2D eigenvalue weighted by molar-refractivity contribution is 7.98. The van der Waals surface area contributed by atoms with Gasteiger partial charge < -0.3 is 9.15 Å². The van der Waals surface area contributed by atoms with E-state index in [0.717, 1.165) is 5.56 Å². The molecular weight excluding hydrogens is 331 g/mol. The Morgan fingerprint density at radius 1 is 1.21 bits per heavy atom. The van der Waals surface area contributed by atoms with E-state index in [4.69, 9.17) is 9.15 Å². The molecule has 0 fully saturated rings. The van der Waals surface area contributed by atoms with Crippen LogP contribution in [0.4, 0.5) is 4.39 Å². The van der Waals surface area contributed by atoms with Crippen LogP contribution in [0.15, 0.2) is 58.2 Å². The van der Waals surface area contributed by atoms with Crippen LogP contribution in [-0.2, 0) is 10.5 Å². The normalized spacial score (nSPS) is 10.6. The summed E-state index contributed by atoms with van der Waals surface area (Å²) in [4.78, 5) is 11.5. The molecule has 5 nitrogen and oxygen atoms in total. The maximum Gasteiger partial charge on any atom is 0.337 e. The molecule has 0 radical (unpaired) electrons. The smallest absolute Gasteiger partial charge is 0.337 e. The molecule has 7 heteroatoms. The lowest BCUT2D eigenvalue weighted by Crippen LogP contribution is -2.01. The molecule has 3 rings (SSSR count). The van der Waals surface area contributed by atoms with Crippen LogP contribution in [-0.4, -0.2) is 23.3 Å². The van der Waals surface area contributed by atoms with Gasteiger partial charge in [-0.2, -0.15) is 0 Å². The molecule has 0 spiro atoms. The summed E-state index contributed by atoms with van der Waals surface area (Å²) in [6.07, 6.45) is 0. The van der Waals surface area contributed by atoms with Crippen molar-refractivity contribution in [1.82, 2.24) is 10.2 Å². The molecule has 1 aromatic heterocycles. The van der Waals surface area contributed by atoms with Gasteiger partial charge in [0, 0.05) is 11.3 Å². The van der Waals surface area contributed by atoms with Gasteiger partial charge in [0.15, 0.2) is 0 Å². The van der Waals surface area contributed by atoms with E-state index in [-0.39, 0.29) is 11.8 Å². The number of aromatic nitrogens is 2. The number of carbonyl (C=O) groups is 1. The van der Waals surface area contributed by atoms with Crippen LogP contribution < -0.4 is 0 Å². The summed E-state index contributed by atoms with van der Waals surface area (Å²) in [6, 6.07) is 13.0. The summed E-state index contributed by atoms with van der Waals surface area (Å²) in [6.45, 7) is 0. The maximum absolute atomic E-state index is 12.9. The van der Waals surface area contributed by atoms with Crippen LogP contribution in [0.3, 0.4) is 0 Å². The number of hydrogen-bond acceptors (Lipinski definition) is 6. The predicted octanol–water partition coefficient (Wildman–Crippen LogP) is 3.95. The van der Waals surface area contributed by atoms with Crippen LogP contribution in [0.25, 0.3) is 11.5 Å². The fraction of sp³-hybridized carbons (Fsp3) is 0.118. The standard InChI is InChI=1S/C17H13FN2O3S/c1-22-16(21)13-4-2-3-11(9-13)10-24-17-20-19-15(23-17)12-5-7-14(18)8-6-12/h2-9H,10H2,1H3. The number of hydrogen-bond donors (Lipinski definition) is 0. The van der Waals surface area contributed by atoms with Gasteiger partial charge in [-0.1, -0.05) is 23.9 Å². The molecular formula is C17H13FN2O3S. The number of methoxy groups -OCH3 is 1. The molecule has 0 aliphatic carbocycles. The highest BCUT2D eigenvalue weighted by Crippen LogP contribution is 2.26. The third-order valence-electron chi connectivity index (χ3n) is 3.21. The molecule has 0 saturated heterocycles. The summed E-state index contributed by atoms with van der Waals surface area (Å²) < 4.78 is 23.2. The van der Waals surface area contributed by atoms with E-state index in [1.165, 1.54) is 31.0 Å². The van der Waals surface area contributed by atoms with E-state index in [2.05, 4.69) is 10.2 Å². The van der Waals surface area contributed by atoms with Crippen molar-refractivity contribution >= 4 is 17.7 Å². The zero-order valence-electron chi connectivity index (χ0n) is 12.7. The van der Waals surface area contributed by atoms with Gasteiger partial charge in [-0.25, -0.2) is 9.18 Å². The zero-order valence-corrected chi connectivity index (χ0v) is 13.5. The molecule has 0 bridgehead atoms. The Hall–Kier alpha value is -2.67. The van der Waals surface area contributed by atoms with Gasteiger partial charge in [0.05, 0.1) is 12.7 Å². The summed E-state index contributed by atoms with van der Waals surface area (Å²) in [5.74, 6) is 0.202. The monoisotopic (exact) mass is 344 g/mol. The van der Waals surface area contributed by atoms with E-state index >= 15 is 0 Å². The molecule has 0 aliphatic rings. The van der Waals surface area contributed by atoms with Crippen molar-refractivity contribution in [3.05, 3.63) is 65.5 Å². The van der Waals surface area contributed by atoms with Gasteiger partial charge in [0.1, 0.15) is 5.82 Å². The number of rotatable bonds is 5. The van der Waals surface area contributed by atoms with Crippen molar-refractivity contribution in [3.63, 3.8) is 0 Å². The molecule has 122 valence electrons. The topological polar surface area (TPSA) is 65.2 Å². The third-order valence-corrected chi connectivity index (χ3v) is 4.10. The molecule has 0 saturated carbocycles. The number of benzene rings is 2. The van der Waals surface area contributed by atoms with Gasteiger partial charge in [0.25, 0.3) is 5.22 Å². The second kappa shape index (κ2) is 7.27. The number of thioether (sulfide) groups is 1. The lowest BCUT2D eigenvalue weighted by Gasteiger charge is -2.02. The minimum absolute atomic E-state index is 0.321. The summed E-state index contributed by atoms with van der Waals surface area (Å²) in [5, 5.41) is 8.32. The molecule has 24 heavy (non-hydrogen) atoms. The van der Waals surface area contributed by atoms with Crippen LogP contribution >= 0.6 is 11.8 Å². The maximum atomic E-state index is 12.9. The third kappa shape index (κ3) is 3.80. The van der Waals surface area contributed by atoms with Crippen LogP contribution in [0.2, 0.25) is 0 Å². The van der Waals surface area contributed by atoms with E-state index in [1.54, 1.807) is 30.3 Å². The molecule has 0 amide bonds. The predicted molar refractivity (Wildman–Crippen MR) is 87.0 cm³/mol. The van der Waals surface area contributed by atoms with Crippen LogP contribution in [0.5, 0.6) is 0 Å². The first-order valence-electron chi connectivity index (χ1n) is 7.05. The van der Waals surface area contributed by atoms with E-state index in [1.807, 2.05) is 6.07 Å². The average Bonchev–Trinajstić information content (AvgIpc) is 3.09. The van der Waals surface area contributed by atoms with Crippen molar-refractivity contribution < 1.29 is 18.3 Å². The first-order valence-corrected chi connectivity index (χ1v) is 8.04. The summed E-state index contributed by atoms with van der Waals surface area (Å²) in [5.41, 5.74) is 2.08. The first kappa shape index (κ1) is 16.2. The van der Waals surface area contributed by atoms with Gasteiger partial charge in [-0.15, -0.1) is 10.2 Å². The molecule has 0 atom stereocenters. The second-order valence-electron chi connectivity index (χ2n) is 4.86. The highest BCUT2D eigenvalue weighted by atomic mass is 32.2. The summed E-state index contributed by atoms with van der Waals surface area (Å²) >= 11 is 1.35. The van der Waals surface area contributed by atoms with Crippen molar-refractivity contribution in [2.75, 3.05) is 7.11 Å². The number of halogens is 1. The van der Waals surface area contributed by atoms with Gasteiger partial charge in [-0.05, 0) is 42.0 Å². The average molecular weight is 344 g/mol. The molecule has 0 unspecified atom stereocenters. The Bertz CT molecular complexity index is 849. The molecule has 1 heterocycles. The Balaban J connectivity index is 1.67. The van der Waals surface area contributed by atoms with Crippen molar-refractivity contribution in [3.8, 4) is 11.5 Å².